The van der Waals surface area contributed by atoms with E-state index in [0.717, 1.165) is 5.56 Å². The Kier molecular flexibility index (Phi) is 6.96. The van der Waals surface area contributed by atoms with E-state index in [1.807, 2.05) is 0 Å². The lowest BCUT2D eigenvalue weighted by atomic mass is 9.63. The van der Waals surface area contributed by atoms with Crippen molar-refractivity contribution in [1.29, 1.82) is 0 Å². The van der Waals surface area contributed by atoms with Gasteiger partial charge in [0.05, 0.1) is 12.0 Å². The van der Waals surface area contributed by atoms with E-state index in [4.69, 9.17) is 0 Å². The van der Waals surface area contributed by atoms with Crippen molar-refractivity contribution in [2.24, 2.45) is 0 Å². The molecule has 4 nitrogen and oxygen atoms in total. The molecule has 3 aromatic rings. The van der Waals surface area contributed by atoms with Gasteiger partial charge in [-0.3, -0.25) is 4.79 Å². The number of halogens is 5. The van der Waals surface area contributed by atoms with Crippen LogP contribution < -0.4 is 0 Å². The van der Waals surface area contributed by atoms with Gasteiger partial charge in [-0.25, -0.2) is 13.6 Å². The van der Waals surface area contributed by atoms with E-state index in [0.29, 0.717) is 55.8 Å². The Morgan fingerprint density at radius 2 is 1.73 bits per heavy atom. The highest BCUT2D eigenvalue weighted by Crippen LogP contribution is 2.51. The number of aryl methyl sites for hydroxylation is 1. The van der Waals surface area contributed by atoms with Gasteiger partial charge in [0.1, 0.15) is 5.82 Å². The van der Waals surface area contributed by atoms with Crippen molar-refractivity contribution < 1.29 is 36.6 Å². The summed E-state index contributed by atoms with van der Waals surface area (Å²) in [7, 11) is 0. The van der Waals surface area contributed by atoms with Crippen molar-refractivity contribution in [1.82, 2.24) is 4.90 Å². The highest BCUT2D eigenvalue weighted by molar-refractivity contribution is 5.88. The van der Waals surface area contributed by atoms with Crippen molar-refractivity contribution >= 4 is 11.9 Å². The molecule has 3 atom stereocenters. The molecule has 5 rings (SSSR count). The van der Waals surface area contributed by atoms with Crippen LogP contribution in [-0.4, -0.2) is 40.6 Å². The number of alkyl halides is 4. The highest BCUT2D eigenvalue weighted by Gasteiger charge is 2.55. The molecule has 1 N–H and O–H groups in total. The third-order valence-electron chi connectivity index (χ3n) is 8.47. The molecule has 210 valence electrons. The minimum Gasteiger partial charge on any atom is -0.478 e. The summed E-state index contributed by atoms with van der Waals surface area (Å²) >= 11 is 0. The Balaban J connectivity index is 1.52. The summed E-state index contributed by atoms with van der Waals surface area (Å²) in [4.78, 5) is 26.7. The third-order valence-corrected chi connectivity index (χ3v) is 8.47. The van der Waals surface area contributed by atoms with E-state index in [1.54, 1.807) is 35.2 Å². The largest absolute Gasteiger partial charge is 0.478 e. The first-order valence-corrected chi connectivity index (χ1v) is 13.1. The van der Waals surface area contributed by atoms with Crippen LogP contribution >= 0.6 is 0 Å². The van der Waals surface area contributed by atoms with Crippen molar-refractivity contribution in [2.45, 2.75) is 62.3 Å². The molecule has 0 radical (unpaired) electrons. The first-order valence-electron chi connectivity index (χ1n) is 13.1. The van der Waals surface area contributed by atoms with Crippen molar-refractivity contribution in [3.63, 3.8) is 0 Å². The molecule has 2 aliphatic rings. The van der Waals surface area contributed by atoms with Crippen LogP contribution in [0.15, 0.2) is 66.7 Å². The van der Waals surface area contributed by atoms with Crippen LogP contribution in [0.1, 0.15) is 57.9 Å². The van der Waals surface area contributed by atoms with Crippen LogP contribution in [0, 0.1) is 5.82 Å². The van der Waals surface area contributed by atoms with Gasteiger partial charge in [0, 0.05) is 18.0 Å². The summed E-state index contributed by atoms with van der Waals surface area (Å²) in [5.41, 5.74) is -2.02. The fraction of sp³-hybridized carbons (Fsp3) is 0.355. The first kappa shape index (κ1) is 27.8. The lowest BCUT2D eigenvalue weighted by Crippen LogP contribution is -2.49. The topological polar surface area (TPSA) is 57.6 Å². The van der Waals surface area contributed by atoms with Crippen LogP contribution in [0.3, 0.4) is 0 Å². The molecule has 3 aromatic carbocycles. The molecule has 1 aliphatic heterocycles. The Hall–Kier alpha value is -3.75. The number of hydrogen-bond donors (Lipinski definition) is 1. The summed E-state index contributed by atoms with van der Waals surface area (Å²) in [5, 5.41) is 9.30. The normalized spacial score (nSPS) is 21.9. The number of carbonyl (C=O) groups is 2. The minimum absolute atomic E-state index is 0.00868. The third kappa shape index (κ3) is 4.86. The molecule has 0 bridgehead atoms. The van der Waals surface area contributed by atoms with Gasteiger partial charge < -0.3 is 10.0 Å². The zero-order valence-corrected chi connectivity index (χ0v) is 21.8. The number of benzene rings is 3. The minimum atomic E-state index is -5.08. The SMILES string of the molecule is CC(F)(c1ccc2c(c1)CCC1N(C(=O)Cc3cccc(C(=O)O)c3)CCC21Cc1cccc(F)c1)C(F)(F)F. The summed E-state index contributed by atoms with van der Waals surface area (Å²) in [6.45, 7) is 0.889. The molecule has 0 spiro atoms. The Morgan fingerprint density at radius 3 is 2.42 bits per heavy atom. The van der Waals surface area contributed by atoms with Gasteiger partial charge in [0.25, 0.3) is 0 Å². The quantitative estimate of drug-likeness (QED) is 0.350. The fourth-order valence-electron chi connectivity index (χ4n) is 6.42. The van der Waals surface area contributed by atoms with Crippen LogP contribution in [0.25, 0.3) is 0 Å². The van der Waals surface area contributed by atoms with Gasteiger partial charge in [-0.2, -0.15) is 13.2 Å². The van der Waals surface area contributed by atoms with E-state index in [2.05, 4.69) is 0 Å². The molecule has 1 amide bonds. The van der Waals surface area contributed by atoms with Gasteiger partial charge in [-0.05, 0) is 84.7 Å². The summed E-state index contributed by atoms with van der Waals surface area (Å²) in [6.07, 6.45) is -3.44. The van der Waals surface area contributed by atoms with Crippen molar-refractivity contribution in [2.75, 3.05) is 6.54 Å². The molecule has 0 saturated carbocycles. The molecule has 3 unspecified atom stereocenters. The number of amides is 1. The second-order valence-electron chi connectivity index (χ2n) is 10.9. The molecular weight excluding hydrogens is 529 g/mol. The molecular formula is C31H28F5NO3. The number of likely N-dealkylation sites (tertiary alicyclic amines) is 1. The molecule has 1 aliphatic carbocycles. The lowest BCUT2D eigenvalue weighted by molar-refractivity contribution is -0.228. The molecule has 0 aromatic heterocycles. The average Bonchev–Trinajstić information content (AvgIpc) is 3.27. The van der Waals surface area contributed by atoms with E-state index in [9.17, 15) is 36.6 Å². The number of fused-ring (bicyclic) bond motifs is 3. The molecule has 1 fully saturated rings. The maximum atomic E-state index is 14.9. The molecule has 9 heteroatoms. The first-order chi connectivity index (χ1) is 18.8. The van der Waals surface area contributed by atoms with Gasteiger partial charge in [-0.1, -0.05) is 42.5 Å². The van der Waals surface area contributed by atoms with Crippen LogP contribution in [0.2, 0.25) is 0 Å². The molecule has 1 saturated heterocycles. The van der Waals surface area contributed by atoms with Gasteiger partial charge in [-0.15, -0.1) is 0 Å². The lowest BCUT2D eigenvalue weighted by Gasteiger charge is -2.44. The Labute approximate surface area is 228 Å². The maximum absolute atomic E-state index is 14.9. The van der Waals surface area contributed by atoms with Crippen LogP contribution in [0.4, 0.5) is 22.0 Å². The predicted molar refractivity (Wildman–Crippen MR) is 138 cm³/mol. The smallest absolute Gasteiger partial charge is 0.426 e. The monoisotopic (exact) mass is 557 g/mol. The van der Waals surface area contributed by atoms with Crippen LogP contribution in [-0.2, 0) is 35.1 Å². The van der Waals surface area contributed by atoms with Crippen LogP contribution in [0.5, 0.6) is 0 Å². The second kappa shape index (κ2) is 10.0. The zero-order valence-electron chi connectivity index (χ0n) is 21.8. The summed E-state index contributed by atoms with van der Waals surface area (Å²) in [6, 6.07) is 16.0. The van der Waals surface area contributed by atoms with Crippen molar-refractivity contribution in [3.05, 3.63) is 106 Å². The predicted octanol–water partition coefficient (Wildman–Crippen LogP) is 6.54. The van der Waals surface area contributed by atoms with Gasteiger partial charge in [0.2, 0.25) is 11.6 Å². The maximum Gasteiger partial charge on any atom is 0.426 e. The van der Waals surface area contributed by atoms with E-state index >= 15 is 0 Å². The summed E-state index contributed by atoms with van der Waals surface area (Å²) < 4.78 is 69.4. The van der Waals surface area contributed by atoms with E-state index in [-0.39, 0.29) is 23.9 Å². The van der Waals surface area contributed by atoms with E-state index < -0.39 is 34.6 Å². The second-order valence-corrected chi connectivity index (χ2v) is 10.9. The molecule has 40 heavy (non-hydrogen) atoms. The average molecular weight is 558 g/mol. The van der Waals surface area contributed by atoms with Gasteiger partial charge in [0.15, 0.2) is 0 Å². The fourth-order valence-corrected chi connectivity index (χ4v) is 6.42. The number of aromatic carboxylic acids is 1. The number of nitrogens with zero attached hydrogens (tertiary/aromatic N) is 1. The van der Waals surface area contributed by atoms with Crippen molar-refractivity contribution in [3.8, 4) is 0 Å². The standard InChI is InChI=1S/C31H28F5NO3/c1-29(33,31(34,35)36)23-9-10-25-21(17-23)8-11-26-30(25,18-20-5-3-7-24(32)15-20)12-13-37(26)27(38)16-19-4-2-6-22(14-19)28(39)40/h2-7,9-10,14-15,17,26H,8,11-13,16,18H2,1H3,(H,39,40). The Bertz CT molecular complexity index is 1470. The summed E-state index contributed by atoms with van der Waals surface area (Å²) in [5.74, 6) is -1.70. The molecule has 1 heterocycles. The van der Waals surface area contributed by atoms with E-state index in [1.165, 1.54) is 36.4 Å². The number of hydrogen-bond acceptors (Lipinski definition) is 2. The number of rotatable bonds is 6. The highest BCUT2D eigenvalue weighted by atomic mass is 19.4. The van der Waals surface area contributed by atoms with Gasteiger partial charge >= 0.3 is 12.1 Å². The number of carbonyl (C=O) groups excluding carboxylic acids is 1. The number of carboxylic acid groups (broad SMARTS) is 1. The zero-order chi connectivity index (χ0) is 28.9. The number of carboxylic acids is 1. The Morgan fingerprint density at radius 1 is 1.00 bits per heavy atom.